The first-order valence-electron chi connectivity index (χ1n) is 5.62. The summed E-state index contributed by atoms with van der Waals surface area (Å²) in [5.74, 6) is 0. The van der Waals surface area contributed by atoms with Crippen LogP contribution in [0, 0.1) is 0 Å². The van der Waals surface area contributed by atoms with Crippen LogP contribution in [-0.4, -0.2) is 42.8 Å². The molecule has 0 N–H and O–H groups in total. The molecule has 0 radical (unpaired) electrons. The maximum atomic E-state index is 11.0. The van der Waals surface area contributed by atoms with Crippen LogP contribution in [-0.2, 0) is 9.59 Å². The van der Waals surface area contributed by atoms with E-state index in [1.54, 1.807) is 7.85 Å². The van der Waals surface area contributed by atoms with Gasteiger partial charge >= 0.3 is 0 Å². The summed E-state index contributed by atoms with van der Waals surface area (Å²) in [4.78, 5) is 24.1. The van der Waals surface area contributed by atoms with E-state index < -0.39 is 0 Å². The molecule has 0 amide bonds. The first-order chi connectivity index (χ1) is 6.90. The van der Waals surface area contributed by atoms with E-state index in [4.69, 9.17) is 0 Å². The lowest BCUT2D eigenvalue weighted by Gasteiger charge is -2.35. The maximum Gasteiger partial charge on any atom is 0.187 e. The van der Waals surface area contributed by atoms with Gasteiger partial charge in [0.05, 0.1) is 11.7 Å². The van der Waals surface area contributed by atoms with Crippen LogP contribution in [0.2, 0.25) is 0 Å². The third kappa shape index (κ3) is 5.12. The Morgan fingerprint density at radius 1 is 1.27 bits per heavy atom. The second kappa shape index (κ2) is 6.78. The molecule has 0 bridgehead atoms. The van der Waals surface area contributed by atoms with Crippen LogP contribution in [0.3, 0.4) is 0 Å². The molecule has 0 rings (SSSR count). The van der Waals surface area contributed by atoms with Gasteiger partial charge in [-0.3, -0.25) is 4.90 Å². The Labute approximate surface area is 93.6 Å². The Morgan fingerprint density at radius 2 is 1.73 bits per heavy atom. The summed E-state index contributed by atoms with van der Waals surface area (Å²) in [5, 5.41) is 0. The summed E-state index contributed by atoms with van der Waals surface area (Å²) in [6.45, 7) is 8.29. The maximum absolute atomic E-state index is 11.0. The first kappa shape index (κ1) is 14.4. The lowest BCUT2D eigenvalue weighted by atomic mass is 9.95. The smallest absolute Gasteiger partial charge is 0.187 e. The van der Waals surface area contributed by atoms with E-state index in [2.05, 4.69) is 32.6 Å². The fourth-order valence-corrected chi connectivity index (χ4v) is 2.00. The van der Waals surface area contributed by atoms with Crippen LogP contribution in [0.5, 0.6) is 0 Å². The predicted molar refractivity (Wildman–Crippen MR) is 64.7 cm³/mol. The third-order valence-electron chi connectivity index (χ3n) is 2.52. The Kier molecular flexibility index (Phi) is 6.49. The molecule has 0 spiro atoms. The highest BCUT2D eigenvalue weighted by atomic mass is 16.1. The van der Waals surface area contributed by atoms with Crippen LogP contribution in [0.15, 0.2) is 0 Å². The normalized spacial score (nSPS) is 13.5. The zero-order chi connectivity index (χ0) is 12.0. The van der Waals surface area contributed by atoms with E-state index in [0.717, 1.165) is 6.29 Å². The molecule has 86 valence electrons. The number of rotatable bonds is 7. The van der Waals surface area contributed by atoms with Crippen molar-refractivity contribution in [3.8, 4) is 0 Å². The Balaban J connectivity index is 4.45. The monoisotopic (exact) mass is 211 g/mol. The summed E-state index contributed by atoms with van der Waals surface area (Å²) >= 11 is 0. The van der Waals surface area contributed by atoms with E-state index in [9.17, 15) is 9.59 Å². The van der Waals surface area contributed by atoms with E-state index in [1.165, 1.54) is 0 Å². The molecule has 0 aliphatic rings. The number of nitrogens with zero attached hydrogens (tertiary/aromatic N) is 1. The number of hydrogen-bond donors (Lipinski definition) is 0. The summed E-state index contributed by atoms with van der Waals surface area (Å²) < 4.78 is 0. The summed E-state index contributed by atoms with van der Waals surface area (Å²) in [6, 6.07) is 0.521. The number of aldehydes is 1. The highest BCUT2D eigenvalue weighted by molar-refractivity contribution is 6.57. The van der Waals surface area contributed by atoms with Crippen molar-refractivity contribution < 1.29 is 9.59 Å². The number of carbonyl (C=O) groups excluding carboxylic acids is 2. The molecule has 0 aromatic heterocycles. The molecule has 0 fully saturated rings. The quantitative estimate of drug-likeness (QED) is 0.457. The second-order valence-electron chi connectivity index (χ2n) is 4.58. The van der Waals surface area contributed by atoms with Gasteiger partial charge in [-0.1, -0.05) is 0 Å². The SMILES string of the molecule is BC(=O)CCC(C=O)N(C(C)C)C(C)C. The van der Waals surface area contributed by atoms with Gasteiger partial charge in [-0.25, -0.2) is 0 Å². The fraction of sp³-hybridized carbons (Fsp3) is 0.818. The van der Waals surface area contributed by atoms with Gasteiger partial charge in [-0.05, 0) is 40.5 Å². The minimum atomic E-state index is -0.131. The molecular formula is C11H22BNO2. The van der Waals surface area contributed by atoms with Crippen LogP contribution in [0.4, 0.5) is 0 Å². The zero-order valence-corrected chi connectivity index (χ0v) is 10.5. The van der Waals surface area contributed by atoms with Crippen molar-refractivity contribution >= 4 is 19.8 Å². The molecular weight excluding hydrogens is 189 g/mol. The molecule has 1 unspecified atom stereocenters. The van der Waals surface area contributed by atoms with E-state index in [0.29, 0.717) is 24.9 Å². The lowest BCUT2D eigenvalue weighted by molar-refractivity contribution is -0.115. The number of hydrogen-bond acceptors (Lipinski definition) is 3. The molecule has 0 heterocycles. The summed E-state index contributed by atoms with van der Waals surface area (Å²) in [5.41, 5.74) is 0.148. The van der Waals surface area contributed by atoms with E-state index in [1.807, 2.05) is 0 Å². The van der Waals surface area contributed by atoms with Gasteiger partial charge < -0.3 is 9.59 Å². The zero-order valence-electron chi connectivity index (χ0n) is 10.5. The molecule has 1 atom stereocenters. The largest absolute Gasteiger partial charge is 0.312 e. The van der Waals surface area contributed by atoms with E-state index in [-0.39, 0.29) is 11.7 Å². The third-order valence-corrected chi connectivity index (χ3v) is 2.52. The molecule has 0 aliphatic carbocycles. The van der Waals surface area contributed by atoms with Crippen LogP contribution in [0.25, 0.3) is 0 Å². The Morgan fingerprint density at radius 3 is 2.00 bits per heavy atom. The Hall–Kier alpha value is -0.635. The van der Waals surface area contributed by atoms with Crippen LogP contribution >= 0.6 is 0 Å². The topological polar surface area (TPSA) is 37.4 Å². The molecule has 0 aromatic rings. The van der Waals surface area contributed by atoms with Crippen molar-refractivity contribution in [3.63, 3.8) is 0 Å². The molecule has 0 saturated heterocycles. The van der Waals surface area contributed by atoms with Gasteiger partial charge in [0.15, 0.2) is 7.85 Å². The molecule has 4 heteroatoms. The van der Waals surface area contributed by atoms with E-state index >= 15 is 0 Å². The number of carbonyl (C=O) groups is 2. The Bertz CT molecular complexity index is 209. The molecule has 3 nitrogen and oxygen atoms in total. The van der Waals surface area contributed by atoms with Gasteiger partial charge in [0.2, 0.25) is 0 Å². The van der Waals surface area contributed by atoms with Gasteiger partial charge in [0.25, 0.3) is 0 Å². The fourth-order valence-electron chi connectivity index (χ4n) is 2.00. The van der Waals surface area contributed by atoms with Crippen molar-refractivity contribution in [2.45, 2.75) is 58.7 Å². The van der Waals surface area contributed by atoms with Gasteiger partial charge in [0.1, 0.15) is 6.29 Å². The van der Waals surface area contributed by atoms with Crippen molar-refractivity contribution in [2.24, 2.45) is 0 Å². The first-order valence-corrected chi connectivity index (χ1v) is 5.62. The highest BCUT2D eigenvalue weighted by Crippen LogP contribution is 2.13. The minimum absolute atomic E-state index is 0.131. The van der Waals surface area contributed by atoms with Crippen LogP contribution < -0.4 is 0 Å². The van der Waals surface area contributed by atoms with Gasteiger partial charge in [0, 0.05) is 12.1 Å². The van der Waals surface area contributed by atoms with Gasteiger partial charge in [-0.2, -0.15) is 0 Å². The van der Waals surface area contributed by atoms with Crippen LogP contribution in [0.1, 0.15) is 40.5 Å². The molecule has 15 heavy (non-hydrogen) atoms. The highest BCUT2D eigenvalue weighted by Gasteiger charge is 2.23. The summed E-state index contributed by atoms with van der Waals surface area (Å²) in [7, 11) is 1.57. The molecule has 0 aliphatic heterocycles. The molecule has 0 aromatic carbocycles. The average molecular weight is 211 g/mol. The standard InChI is InChI=1S/C11H22BNO2/c1-8(2)13(9(3)4)10(7-14)5-6-11(12)15/h7-10H,5-6,12H2,1-4H3. The minimum Gasteiger partial charge on any atom is -0.312 e. The van der Waals surface area contributed by atoms with Crippen molar-refractivity contribution in [1.82, 2.24) is 4.90 Å². The summed E-state index contributed by atoms with van der Waals surface area (Å²) in [6.07, 6.45) is 2.08. The van der Waals surface area contributed by atoms with Gasteiger partial charge in [-0.15, -0.1) is 0 Å². The average Bonchev–Trinajstić information content (AvgIpc) is 2.09. The second-order valence-corrected chi connectivity index (χ2v) is 4.58. The molecule has 0 saturated carbocycles. The van der Waals surface area contributed by atoms with Crippen molar-refractivity contribution in [1.29, 1.82) is 0 Å². The lowest BCUT2D eigenvalue weighted by Crippen LogP contribution is -2.46. The predicted octanol–water partition coefficient (Wildman–Crippen LogP) is 0.613. The van der Waals surface area contributed by atoms with Crippen molar-refractivity contribution in [2.75, 3.05) is 0 Å². The van der Waals surface area contributed by atoms with Crippen molar-refractivity contribution in [3.05, 3.63) is 0 Å².